The number of hydrogen-bond acceptors (Lipinski definition) is 4. The van der Waals surface area contributed by atoms with E-state index in [0.717, 1.165) is 29.0 Å². The monoisotopic (exact) mass is 298 g/mol. The molecular formula is C12H15BrN2O2. The van der Waals surface area contributed by atoms with E-state index in [-0.39, 0.29) is 0 Å². The second-order valence-corrected chi connectivity index (χ2v) is 4.67. The third-order valence-electron chi connectivity index (χ3n) is 2.75. The van der Waals surface area contributed by atoms with Crippen molar-refractivity contribution in [3.63, 3.8) is 0 Å². The van der Waals surface area contributed by atoms with Gasteiger partial charge in [0.05, 0.1) is 25.2 Å². The van der Waals surface area contributed by atoms with E-state index in [4.69, 9.17) is 9.47 Å². The summed E-state index contributed by atoms with van der Waals surface area (Å²) < 4.78 is 11.5. The zero-order valence-electron chi connectivity index (χ0n) is 10.2. The lowest BCUT2D eigenvalue weighted by atomic mass is 10.1. The molecule has 0 spiro atoms. The minimum absolute atomic E-state index is 0.706. The Kier molecular flexibility index (Phi) is 3.57. The van der Waals surface area contributed by atoms with E-state index in [1.807, 2.05) is 19.2 Å². The summed E-state index contributed by atoms with van der Waals surface area (Å²) in [5.74, 6) is 2.41. The van der Waals surface area contributed by atoms with E-state index in [0.29, 0.717) is 11.5 Å². The standard InChI is InChI=1S/C12H15BrN2O2/c1-15-5-4-14-12(15)8-6-9(13)11(17-3)10(7-8)16-2/h6-7H,4-5H2,1-3H3. The van der Waals surface area contributed by atoms with Crippen LogP contribution in [-0.2, 0) is 0 Å². The van der Waals surface area contributed by atoms with Crippen LogP contribution in [-0.4, -0.2) is 45.1 Å². The van der Waals surface area contributed by atoms with Crippen molar-refractivity contribution >= 4 is 21.8 Å². The Morgan fingerprint density at radius 2 is 2.06 bits per heavy atom. The molecule has 1 heterocycles. The predicted octanol–water partition coefficient (Wildman–Crippen LogP) is 2.16. The van der Waals surface area contributed by atoms with Crippen molar-refractivity contribution in [2.24, 2.45) is 4.99 Å². The molecule has 0 amide bonds. The molecule has 0 saturated heterocycles. The van der Waals surface area contributed by atoms with E-state index in [2.05, 4.69) is 25.8 Å². The van der Waals surface area contributed by atoms with Gasteiger partial charge in [0.2, 0.25) is 0 Å². The molecule has 5 heteroatoms. The number of nitrogens with zero attached hydrogens (tertiary/aromatic N) is 2. The number of rotatable bonds is 3. The molecule has 0 fully saturated rings. The highest BCUT2D eigenvalue weighted by Crippen LogP contribution is 2.36. The van der Waals surface area contributed by atoms with Gasteiger partial charge in [-0.1, -0.05) is 0 Å². The summed E-state index contributed by atoms with van der Waals surface area (Å²) in [6.07, 6.45) is 0. The summed E-state index contributed by atoms with van der Waals surface area (Å²) in [5.41, 5.74) is 1.04. The number of hydrogen-bond donors (Lipinski definition) is 0. The maximum absolute atomic E-state index is 5.32. The minimum Gasteiger partial charge on any atom is -0.493 e. The first-order chi connectivity index (χ1) is 8.17. The number of likely N-dealkylation sites (N-methyl/N-ethyl adjacent to an activating group) is 1. The zero-order chi connectivity index (χ0) is 12.4. The molecule has 1 aromatic carbocycles. The smallest absolute Gasteiger partial charge is 0.174 e. The van der Waals surface area contributed by atoms with Gasteiger partial charge >= 0.3 is 0 Å². The molecule has 1 aliphatic rings. The van der Waals surface area contributed by atoms with Crippen molar-refractivity contribution in [2.45, 2.75) is 0 Å². The third kappa shape index (κ3) is 2.24. The number of ether oxygens (including phenoxy) is 2. The van der Waals surface area contributed by atoms with E-state index in [1.54, 1.807) is 14.2 Å². The van der Waals surface area contributed by atoms with Crippen LogP contribution in [0.3, 0.4) is 0 Å². The van der Waals surface area contributed by atoms with Crippen LogP contribution in [0, 0.1) is 0 Å². The van der Waals surface area contributed by atoms with Crippen LogP contribution < -0.4 is 9.47 Å². The fourth-order valence-corrected chi connectivity index (χ4v) is 2.50. The summed E-state index contributed by atoms with van der Waals surface area (Å²) >= 11 is 3.49. The number of amidine groups is 1. The Morgan fingerprint density at radius 1 is 1.29 bits per heavy atom. The Bertz CT molecular complexity index is 460. The van der Waals surface area contributed by atoms with Crippen molar-refractivity contribution in [2.75, 3.05) is 34.4 Å². The molecule has 0 aromatic heterocycles. The minimum atomic E-state index is 0.706. The average molecular weight is 299 g/mol. The van der Waals surface area contributed by atoms with Crippen molar-refractivity contribution in [3.8, 4) is 11.5 Å². The van der Waals surface area contributed by atoms with Crippen LogP contribution in [0.1, 0.15) is 5.56 Å². The molecule has 0 atom stereocenters. The molecule has 0 aliphatic carbocycles. The van der Waals surface area contributed by atoms with Gasteiger partial charge in [-0.2, -0.15) is 0 Å². The molecular weight excluding hydrogens is 284 g/mol. The Morgan fingerprint density at radius 3 is 2.59 bits per heavy atom. The average Bonchev–Trinajstić information content (AvgIpc) is 2.74. The Labute approximate surface area is 109 Å². The molecule has 0 N–H and O–H groups in total. The number of aliphatic imine (C=N–C) groups is 1. The van der Waals surface area contributed by atoms with E-state index in [1.165, 1.54) is 0 Å². The number of methoxy groups -OCH3 is 2. The molecule has 0 unspecified atom stereocenters. The molecule has 92 valence electrons. The van der Waals surface area contributed by atoms with Crippen LogP contribution in [0.5, 0.6) is 11.5 Å². The second kappa shape index (κ2) is 4.96. The number of benzene rings is 1. The zero-order valence-corrected chi connectivity index (χ0v) is 11.7. The van der Waals surface area contributed by atoms with Gasteiger partial charge in [0, 0.05) is 19.2 Å². The van der Waals surface area contributed by atoms with Gasteiger partial charge < -0.3 is 14.4 Å². The highest BCUT2D eigenvalue weighted by atomic mass is 79.9. The SMILES string of the molecule is COc1cc(C2=NCCN2C)cc(Br)c1OC. The van der Waals surface area contributed by atoms with E-state index in [9.17, 15) is 0 Å². The fourth-order valence-electron chi connectivity index (χ4n) is 1.89. The largest absolute Gasteiger partial charge is 0.493 e. The molecule has 1 aliphatic heterocycles. The van der Waals surface area contributed by atoms with Crippen LogP contribution in [0.4, 0.5) is 0 Å². The third-order valence-corrected chi connectivity index (χ3v) is 3.34. The maximum Gasteiger partial charge on any atom is 0.174 e. The highest BCUT2D eigenvalue weighted by molar-refractivity contribution is 9.10. The van der Waals surface area contributed by atoms with Crippen molar-refractivity contribution < 1.29 is 9.47 Å². The normalized spacial score (nSPS) is 14.8. The fraction of sp³-hybridized carbons (Fsp3) is 0.417. The Hall–Kier alpha value is -1.23. The van der Waals surface area contributed by atoms with E-state index < -0.39 is 0 Å². The molecule has 2 rings (SSSR count). The number of halogens is 1. The van der Waals surface area contributed by atoms with Gasteiger partial charge in [-0.25, -0.2) is 0 Å². The first kappa shape index (κ1) is 12.2. The molecule has 4 nitrogen and oxygen atoms in total. The second-order valence-electron chi connectivity index (χ2n) is 3.82. The van der Waals surface area contributed by atoms with Crippen LogP contribution >= 0.6 is 15.9 Å². The van der Waals surface area contributed by atoms with Crippen molar-refractivity contribution in [3.05, 3.63) is 22.2 Å². The molecule has 0 bridgehead atoms. The van der Waals surface area contributed by atoms with Gasteiger partial charge in [0.15, 0.2) is 11.5 Å². The predicted molar refractivity (Wildman–Crippen MR) is 71.3 cm³/mol. The summed E-state index contributed by atoms with van der Waals surface area (Å²) in [4.78, 5) is 6.62. The topological polar surface area (TPSA) is 34.1 Å². The van der Waals surface area contributed by atoms with Gasteiger partial charge in [-0.3, -0.25) is 4.99 Å². The van der Waals surface area contributed by atoms with E-state index >= 15 is 0 Å². The first-order valence-corrected chi connectivity index (χ1v) is 6.14. The van der Waals surface area contributed by atoms with Crippen LogP contribution in [0.15, 0.2) is 21.6 Å². The van der Waals surface area contributed by atoms with Gasteiger partial charge in [0.25, 0.3) is 0 Å². The summed E-state index contributed by atoms with van der Waals surface area (Å²) in [5, 5.41) is 0. The van der Waals surface area contributed by atoms with Gasteiger partial charge in [0.1, 0.15) is 5.84 Å². The summed E-state index contributed by atoms with van der Waals surface area (Å²) in [7, 11) is 5.30. The van der Waals surface area contributed by atoms with Gasteiger partial charge in [-0.05, 0) is 28.1 Å². The van der Waals surface area contributed by atoms with Crippen molar-refractivity contribution in [1.82, 2.24) is 4.90 Å². The Balaban J connectivity index is 2.46. The highest BCUT2D eigenvalue weighted by Gasteiger charge is 2.18. The van der Waals surface area contributed by atoms with Crippen LogP contribution in [0.2, 0.25) is 0 Å². The molecule has 1 aromatic rings. The summed E-state index contributed by atoms with van der Waals surface area (Å²) in [6, 6.07) is 3.95. The van der Waals surface area contributed by atoms with Crippen LogP contribution in [0.25, 0.3) is 0 Å². The lowest BCUT2D eigenvalue weighted by Crippen LogP contribution is -2.23. The molecule has 0 radical (unpaired) electrons. The molecule has 17 heavy (non-hydrogen) atoms. The maximum atomic E-state index is 5.32. The van der Waals surface area contributed by atoms with Gasteiger partial charge in [-0.15, -0.1) is 0 Å². The van der Waals surface area contributed by atoms with Crippen molar-refractivity contribution in [1.29, 1.82) is 0 Å². The quantitative estimate of drug-likeness (QED) is 0.857. The lowest BCUT2D eigenvalue weighted by Gasteiger charge is -2.16. The lowest BCUT2D eigenvalue weighted by molar-refractivity contribution is 0.353. The first-order valence-electron chi connectivity index (χ1n) is 5.35. The summed E-state index contributed by atoms with van der Waals surface area (Å²) in [6.45, 7) is 1.80. The molecule has 0 saturated carbocycles.